The largest absolute Gasteiger partial charge is 0.999 e. The Balaban J connectivity index is 0.000000454. The number of hydrogen-bond donors (Lipinski definition) is 0. The minimum absolute atomic E-state index is 0. The molecule has 0 aliphatic rings. The Hall–Kier alpha value is -1.64. The van der Waals surface area contributed by atoms with E-state index in [0.717, 1.165) is 0 Å². The number of hydrogen-bond acceptors (Lipinski definition) is 3. The molecule has 0 amide bonds. The topological polar surface area (TPSA) is 43.4 Å². The summed E-state index contributed by atoms with van der Waals surface area (Å²) in [6.07, 6.45) is -0.169. The van der Waals surface area contributed by atoms with Crippen LogP contribution in [0.25, 0.3) is 0 Å². The Morgan fingerprint density at radius 3 is 2.21 bits per heavy atom. The summed E-state index contributed by atoms with van der Waals surface area (Å²) in [6, 6.07) is 18.9. The number of rotatable bonds is 4. The van der Waals surface area contributed by atoms with Crippen LogP contribution in [0.1, 0.15) is 23.7 Å². The van der Waals surface area contributed by atoms with E-state index in [4.69, 9.17) is 0 Å². The van der Waals surface area contributed by atoms with Crippen LogP contribution in [-0.2, 0) is 26.6 Å². The van der Waals surface area contributed by atoms with Crippen molar-refractivity contribution in [3.05, 3.63) is 60.2 Å². The molecule has 2 aromatic carbocycles. The Kier molecular flexibility index (Phi) is 9.41. The summed E-state index contributed by atoms with van der Waals surface area (Å²) in [7, 11) is 0. The first-order chi connectivity index (χ1) is 8.74. The van der Waals surface area contributed by atoms with Gasteiger partial charge in [-0.2, -0.15) is 12.1 Å². The average Bonchev–Trinajstić information content (AvgIpc) is 3.06. The summed E-state index contributed by atoms with van der Waals surface area (Å²) in [5.74, 6) is -0.655. The molecule has 19 heavy (non-hydrogen) atoms. The maximum Gasteiger partial charge on any atom is 0.312 e. The normalized spacial score (nSPS) is 8.68. The minimum atomic E-state index is -0.464. The summed E-state index contributed by atoms with van der Waals surface area (Å²) >= 11 is 0. The molecule has 0 atom stereocenters. The van der Waals surface area contributed by atoms with Crippen LogP contribution in [-0.4, -0.2) is 18.4 Å². The Labute approximate surface area is 123 Å². The zero-order valence-corrected chi connectivity index (χ0v) is 11.5. The molecule has 0 aliphatic carbocycles. The number of ketones is 1. The molecule has 104 valence electrons. The van der Waals surface area contributed by atoms with E-state index < -0.39 is 5.97 Å². The van der Waals surface area contributed by atoms with Gasteiger partial charge in [-0.3, -0.25) is 4.79 Å². The van der Waals surface area contributed by atoms with Crippen molar-refractivity contribution in [3.63, 3.8) is 0 Å². The third kappa shape index (κ3) is 7.39. The van der Waals surface area contributed by atoms with Crippen molar-refractivity contribution in [1.82, 2.24) is 0 Å². The molecule has 0 spiro atoms. The molecule has 3 nitrogen and oxygen atoms in total. The van der Waals surface area contributed by atoms with Gasteiger partial charge in [-0.1, -0.05) is 5.56 Å². The second-order valence-corrected chi connectivity index (χ2v) is 3.26. The molecule has 2 aromatic rings. The molecule has 0 aromatic heterocycles. The smallest absolute Gasteiger partial charge is 0.312 e. The van der Waals surface area contributed by atoms with Crippen LogP contribution in [0.3, 0.4) is 0 Å². The molecular formula is C15H12FeO3-6. The van der Waals surface area contributed by atoms with E-state index in [-0.39, 0.29) is 29.3 Å². The molecule has 0 aliphatic heterocycles. The van der Waals surface area contributed by atoms with Crippen molar-refractivity contribution >= 4 is 11.8 Å². The first kappa shape index (κ1) is 17.4. The van der Waals surface area contributed by atoms with E-state index in [1.165, 1.54) is 0 Å². The standard InChI is InChI=1S/C10H11O3.C5H.Fe/c1-2-13-10(12)7-9(11)8-5-3-4-6-8;1-2-4-5-3-1;/h3-6H,2,7H2,1H3;1H;/q-1;-5;. The number of carbonyl (C=O) groups excluding carboxylic acids is 2. The van der Waals surface area contributed by atoms with Crippen molar-refractivity contribution in [2.75, 3.05) is 6.61 Å². The fourth-order valence-corrected chi connectivity index (χ4v) is 1.19. The van der Waals surface area contributed by atoms with Gasteiger partial charge >= 0.3 is 5.97 Å². The average molecular weight is 296 g/mol. The molecule has 0 radical (unpaired) electrons. The van der Waals surface area contributed by atoms with Gasteiger partial charge in [0.2, 0.25) is 0 Å². The van der Waals surface area contributed by atoms with Gasteiger partial charge in [0, 0.05) is 17.1 Å². The van der Waals surface area contributed by atoms with Gasteiger partial charge in [0.1, 0.15) is 5.78 Å². The molecule has 0 bridgehead atoms. The Bertz CT molecular complexity index is 426. The van der Waals surface area contributed by atoms with E-state index in [9.17, 15) is 9.59 Å². The van der Waals surface area contributed by atoms with Crippen LogP contribution in [0.2, 0.25) is 0 Å². The maximum absolute atomic E-state index is 11.3. The van der Waals surface area contributed by atoms with E-state index in [2.05, 4.69) is 29.0 Å². The minimum Gasteiger partial charge on any atom is -0.999 e. The zero-order valence-electron chi connectivity index (χ0n) is 10.4. The van der Waals surface area contributed by atoms with Crippen LogP contribution < -0.4 is 0 Å². The van der Waals surface area contributed by atoms with Crippen LogP contribution in [0.4, 0.5) is 0 Å². The van der Waals surface area contributed by atoms with Gasteiger partial charge in [0.25, 0.3) is 0 Å². The van der Waals surface area contributed by atoms with Crippen LogP contribution in [0, 0.1) is 24.3 Å². The molecule has 0 unspecified atom stereocenters. The summed E-state index contributed by atoms with van der Waals surface area (Å²) in [5, 5.41) is 0. The summed E-state index contributed by atoms with van der Waals surface area (Å²) in [6.45, 7) is 2.03. The first-order valence-corrected chi connectivity index (χ1v) is 5.47. The van der Waals surface area contributed by atoms with Crippen LogP contribution in [0.15, 0.2) is 30.3 Å². The third-order valence-corrected chi connectivity index (χ3v) is 1.95. The first-order valence-electron chi connectivity index (χ1n) is 5.47. The quantitative estimate of drug-likeness (QED) is 0.285. The molecule has 0 N–H and O–H groups in total. The van der Waals surface area contributed by atoms with E-state index >= 15 is 0 Å². The van der Waals surface area contributed by atoms with Gasteiger partial charge in [0.05, 0.1) is 13.0 Å². The predicted octanol–water partition coefficient (Wildman–Crippen LogP) is 2.15. The second-order valence-electron chi connectivity index (χ2n) is 3.26. The number of carbonyl (C=O) groups is 2. The number of ether oxygens (including phenoxy) is 1. The van der Waals surface area contributed by atoms with Crippen molar-refractivity contribution in [2.24, 2.45) is 0 Å². The van der Waals surface area contributed by atoms with Crippen LogP contribution in [0.5, 0.6) is 0 Å². The molecule has 0 fully saturated rings. The fraction of sp³-hybridized carbons (Fsp3) is 0.200. The second kappa shape index (κ2) is 10.3. The Morgan fingerprint density at radius 2 is 1.79 bits per heavy atom. The van der Waals surface area contributed by atoms with Gasteiger partial charge in [-0.05, 0) is 6.92 Å². The van der Waals surface area contributed by atoms with Gasteiger partial charge in [-0.25, -0.2) is 12.1 Å². The number of esters is 1. The van der Waals surface area contributed by atoms with Crippen molar-refractivity contribution in [3.8, 4) is 0 Å². The van der Waals surface area contributed by atoms with E-state index in [1.807, 2.05) is 0 Å². The predicted molar refractivity (Wildman–Crippen MR) is 65.0 cm³/mol. The molecular weight excluding hydrogens is 284 g/mol. The van der Waals surface area contributed by atoms with E-state index in [1.54, 1.807) is 37.3 Å². The van der Waals surface area contributed by atoms with E-state index in [0.29, 0.717) is 12.2 Å². The summed E-state index contributed by atoms with van der Waals surface area (Å²) in [4.78, 5) is 22.2. The molecule has 0 heterocycles. The van der Waals surface area contributed by atoms with Crippen molar-refractivity contribution in [1.29, 1.82) is 0 Å². The summed E-state index contributed by atoms with van der Waals surface area (Å²) in [5.41, 5.74) is 0.563. The van der Waals surface area contributed by atoms with Crippen molar-refractivity contribution < 1.29 is 31.4 Å². The van der Waals surface area contributed by atoms with Gasteiger partial charge in [-0.15, -0.1) is 0 Å². The fourth-order valence-electron chi connectivity index (χ4n) is 1.19. The van der Waals surface area contributed by atoms with Crippen molar-refractivity contribution in [2.45, 2.75) is 13.3 Å². The zero-order chi connectivity index (χ0) is 13.2. The van der Waals surface area contributed by atoms with Crippen LogP contribution >= 0.6 is 0 Å². The Morgan fingerprint density at radius 1 is 1.21 bits per heavy atom. The monoisotopic (exact) mass is 296 g/mol. The maximum atomic E-state index is 11.3. The molecule has 2 rings (SSSR count). The van der Waals surface area contributed by atoms with Gasteiger partial charge in [0.15, 0.2) is 0 Å². The summed E-state index contributed by atoms with van der Waals surface area (Å²) < 4.78 is 4.65. The van der Waals surface area contributed by atoms with Gasteiger partial charge < -0.3 is 39.9 Å². The molecule has 4 heteroatoms. The molecule has 0 saturated carbocycles. The third-order valence-electron chi connectivity index (χ3n) is 1.95. The molecule has 0 saturated heterocycles. The SMILES string of the molecule is CCOC(=O)CC(=O)[c-]1cccc1.[Fe].[c-]1[c-][c-][cH-][c-]1. The number of Topliss-reactive ketones (excluding diaryl/α,β-unsaturated/α-hetero) is 1.